The highest BCUT2D eigenvalue weighted by molar-refractivity contribution is 6.20. The summed E-state index contributed by atoms with van der Waals surface area (Å²) >= 11 is 0. The normalized spacial score (nSPS) is 13.1. The third kappa shape index (κ3) is 10.1. The Morgan fingerprint density at radius 1 is 0.750 bits per heavy atom. The highest BCUT2D eigenvalue weighted by atomic mass is 16.4. The van der Waals surface area contributed by atoms with E-state index in [2.05, 4.69) is 12.2 Å². The van der Waals surface area contributed by atoms with E-state index in [-0.39, 0.29) is 6.42 Å². The Morgan fingerprint density at radius 3 is 1.54 bits per heavy atom. The largest absolute Gasteiger partial charge is 0.480 e. The number of hydrogen-bond donors (Lipinski definition) is 3. The number of rotatable bonds is 19. The fourth-order valence-corrected chi connectivity index (χ4v) is 3.46. The molecule has 1 unspecified atom stereocenters. The van der Waals surface area contributed by atoms with E-state index in [1.54, 1.807) is 0 Å². The molecule has 6 nitrogen and oxygen atoms in total. The fourth-order valence-electron chi connectivity index (χ4n) is 3.46. The molecule has 0 aromatic carbocycles. The van der Waals surface area contributed by atoms with Gasteiger partial charge < -0.3 is 16.2 Å². The number of aliphatic carboxylic acids is 1. The Labute approximate surface area is 171 Å². The van der Waals surface area contributed by atoms with E-state index in [4.69, 9.17) is 5.73 Å². The van der Waals surface area contributed by atoms with Gasteiger partial charge in [0, 0.05) is 6.54 Å². The van der Waals surface area contributed by atoms with Crippen LogP contribution in [0.1, 0.15) is 110 Å². The van der Waals surface area contributed by atoms with Crippen LogP contribution >= 0.6 is 0 Å². The zero-order valence-corrected chi connectivity index (χ0v) is 18.1. The second-order valence-corrected chi connectivity index (χ2v) is 7.82. The Bertz CT molecular complexity index is 438. The van der Waals surface area contributed by atoms with E-state index in [1.807, 2.05) is 6.92 Å². The minimum absolute atomic E-state index is 0.0367. The predicted octanol–water partition coefficient (Wildman–Crippen LogP) is 4.55. The van der Waals surface area contributed by atoms with Crippen molar-refractivity contribution in [2.24, 2.45) is 11.1 Å². The average molecular weight is 399 g/mol. The molecule has 1 atom stereocenters. The number of amides is 2. The zero-order valence-electron chi connectivity index (χ0n) is 18.1. The number of carbonyl (C=O) groups excluding carboxylic acids is 2. The molecule has 0 radical (unpaired) electrons. The van der Waals surface area contributed by atoms with Crippen LogP contribution in [0.4, 0.5) is 0 Å². The van der Waals surface area contributed by atoms with Crippen LogP contribution in [0, 0.1) is 5.41 Å². The molecule has 0 spiro atoms. The van der Waals surface area contributed by atoms with Crippen molar-refractivity contribution in [3.8, 4) is 0 Å². The van der Waals surface area contributed by atoms with Crippen LogP contribution in [0.25, 0.3) is 0 Å². The third-order valence-corrected chi connectivity index (χ3v) is 5.36. The first-order chi connectivity index (χ1) is 13.4. The van der Waals surface area contributed by atoms with Crippen LogP contribution in [0.15, 0.2) is 0 Å². The van der Waals surface area contributed by atoms with Crippen LogP contribution in [-0.2, 0) is 14.4 Å². The van der Waals surface area contributed by atoms with Gasteiger partial charge in [0.2, 0.25) is 17.2 Å². The second kappa shape index (κ2) is 16.4. The highest BCUT2D eigenvalue weighted by Crippen LogP contribution is 2.26. The number of carboxylic acid groups (broad SMARTS) is 1. The minimum atomic E-state index is -2.15. The van der Waals surface area contributed by atoms with Crippen LogP contribution in [0.2, 0.25) is 0 Å². The lowest BCUT2D eigenvalue weighted by Gasteiger charge is -2.24. The minimum Gasteiger partial charge on any atom is -0.480 e. The molecule has 0 aromatic heterocycles. The highest BCUT2D eigenvalue weighted by Gasteiger charge is 2.51. The molecular formula is C22H42N2O4. The Morgan fingerprint density at radius 2 is 1.18 bits per heavy atom. The summed E-state index contributed by atoms with van der Waals surface area (Å²) in [7, 11) is 0. The summed E-state index contributed by atoms with van der Waals surface area (Å²) in [6, 6.07) is 0. The van der Waals surface area contributed by atoms with Gasteiger partial charge >= 0.3 is 5.97 Å². The maximum absolute atomic E-state index is 12.3. The quantitative estimate of drug-likeness (QED) is 0.219. The van der Waals surface area contributed by atoms with E-state index < -0.39 is 23.2 Å². The van der Waals surface area contributed by atoms with Crippen molar-refractivity contribution in [1.29, 1.82) is 0 Å². The molecule has 6 heteroatoms. The van der Waals surface area contributed by atoms with E-state index in [0.29, 0.717) is 19.4 Å². The summed E-state index contributed by atoms with van der Waals surface area (Å²) < 4.78 is 0. The van der Waals surface area contributed by atoms with Gasteiger partial charge in [0.05, 0.1) is 0 Å². The topological polar surface area (TPSA) is 109 Å². The summed E-state index contributed by atoms with van der Waals surface area (Å²) in [5, 5.41) is 12.0. The standard InChI is InChI=1S/C22H42N2O4/c1-3-5-6-7-8-9-10-11-12-13-14-15-16-17-22(19(23)25,21(27)28)20(26)24-18-4-2/h3-18H2,1-2H3,(H2,23,25)(H,24,26)(H,27,28). The predicted molar refractivity (Wildman–Crippen MR) is 113 cm³/mol. The molecule has 0 heterocycles. The van der Waals surface area contributed by atoms with Gasteiger partial charge in [-0.1, -0.05) is 97.3 Å². The van der Waals surface area contributed by atoms with Gasteiger partial charge in [-0.2, -0.15) is 0 Å². The van der Waals surface area contributed by atoms with Gasteiger partial charge in [0.15, 0.2) is 0 Å². The van der Waals surface area contributed by atoms with Crippen molar-refractivity contribution >= 4 is 17.8 Å². The molecule has 164 valence electrons. The first-order valence-corrected chi connectivity index (χ1v) is 11.2. The fraction of sp³-hybridized carbons (Fsp3) is 0.864. The van der Waals surface area contributed by atoms with Crippen LogP contribution in [-0.4, -0.2) is 29.4 Å². The van der Waals surface area contributed by atoms with E-state index in [9.17, 15) is 19.5 Å². The lowest BCUT2D eigenvalue weighted by molar-refractivity contribution is -0.161. The van der Waals surface area contributed by atoms with Crippen molar-refractivity contribution in [2.45, 2.75) is 110 Å². The van der Waals surface area contributed by atoms with Crippen molar-refractivity contribution in [1.82, 2.24) is 5.32 Å². The number of unbranched alkanes of at least 4 members (excludes halogenated alkanes) is 12. The molecule has 0 rings (SSSR count). The number of hydrogen-bond acceptors (Lipinski definition) is 3. The molecule has 0 bridgehead atoms. The molecule has 0 aliphatic carbocycles. The van der Waals surface area contributed by atoms with E-state index in [1.165, 1.54) is 57.8 Å². The van der Waals surface area contributed by atoms with Crippen molar-refractivity contribution in [3.63, 3.8) is 0 Å². The van der Waals surface area contributed by atoms with Gasteiger partial charge in [-0.3, -0.25) is 14.4 Å². The second-order valence-electron chi connectivity index (χ2n) is 7.82. The lowest BCUT2D eigenvalue weighted by atomic mass is 9.80. The maximum Gasteiger partial charge on any atom is 0.328 e. The Kier molecular flexibility index (Phi) is 15.4. The van der Waals surface area contributed by atoms with Gasteiger partial charge in [0.25, 0.3) is 0 Å². The molecule has 0 aromatic rings. The lowest BCUT2D eigenvalue weighted by Crippen LogP contribution is -2.55. The van der Waals surface area contributed by atoms with E-state index >= 15 is 0 Å². The third-order valence-electron chi connectivity index (χ3n) is 5.36. The summed E-state index contributed by atoms with van der Waals surface area (Å²) in [4.78, 5) is 35.7. The molecule has 4 N–H and O–H groups in total. The van der Waals surface area contributed by atoms with E-state index in [0.717, 1.165) is 19.3 Å². The van der Waals surface area contributed by atoms with Crippen molar-refractivity contribution < 1.29 is 19.5 Å². The number of carbonyl (C=O) groups is 3. The molecule has 0 fully saturated rings. The number of carboxylic acids is 1. The Hall–Kier alpha value is -1.59. The molecule has 0 aliphatic heterocycles. The average Bonchev–Trinajstić information content (AvgIpc) is 2.66. The maximum atomic E-state index is 12.3. The van der Waals surface area contributed by atoms with Crippen LogP contribution < -0.4 is 11.1 Å². The summed E-state index contributed by atoms with van der Waals surface area (Å²) in [5.74, 6) is -3.31. The summed E-state index contributed by atoms with van der Waals surface area (Å²) in [6.45, 7) is 4.43. The SMILES string of the molecule is CCCCCCCCCCCCCCCC(C(N)=O)(C(=O)O)C(=O)NCCC. The van der Waals surface area contributed by atoms with Crippen molar-refractivity contribution in [2.75, 3.05) is 6.54 Å². The Balaban J connectivity index is 4.02. The molecule has 0 saturated heterocycles. The number of nitrogens with one attached hydrogen (secondary N) is 1. The first-order valence-electron chi connectivity index (χ1n) is 11.2. The zero-order chi connectivity index (χ0) is 21.3. The monoisotopic (exact) mass is 398 g/mol. The number of primary amides is 1. The summed E-state index contributed by atoms with van der Waals surface area (Å²) in [6.07, 6.45) is 15.7. The van der Waals surface area contributed by atoms with Gasteiger partial charge in [-0.05, 0) is 12.8 Å². The van der Waals surface area contributed by atoms with Gasteiger partial charge in [0.1, 0.15) is 0 Å². The first kappa shape index (κ1) is 26.4. The molecule has 0 aliphatic rings. The molecular weight excluding hydrogens is 356 g/mol. The van der Waals surface area contributed by atoms with Crippen molar-refractivity contribution in [3.05, 3.63) is 0 Å². The van der Waals surface area contributed by atoms with Gasteiger partial charge in [-0.15, -0.1) is 0 Å². The van der Waals surface area contributed by atoms with Crippen LogP contribution in [0.3, 0.4) is 0 Å². The summed E-state index contributed by atoms with van der Waals surface area (Å²) in [5.41, 5.74) is 3.17. The number of nitrogens with two attached hydrogens (primary N) is 1. The molecule has 28 heavy (non-hydrogen) atoms. The van der Waals surface area contributed by atoms with Gasteiger partial charge in [-0.25, -0.2) is 0 Å². The molecule has 0 saturated carbocycles. The van der Waals surface area contributed by atoms with Crippen LogP contribution in [0.5, 0.6) is 0 Å². The smallest absolute Gasteiger partial charge is 0.328 e. The molecule has 2 amide bonds.